The summed E-state index contributed by atoms with van der Waals surface area (Å²) in [4.78, 5) is 22.2. The number of carboxylic acid groups (broad SMARTS) is 1. The first-order valence-corrected chi connectivity index (χ1v) is 5.61. The van der Waals surface area contributed by atoms with Gasteiger partial charge in [0.2, 0.25) is 0 Å². The predicted octanol–water partition coefficient (Wildman–Crippen LogP) is 1.06. The van der Waals surface area contributed by atoms with Crippen molar-refractivity contribution < 1.29 is 14.7 Å². The number of rotatable bonds is 6. The summed E-state index contributed by atoms with van der Waals surface area (Å²) in [5, 5.41) is 14.0. The van der Waals surface area contributed by atoms with Crippen LogP contribution in [0.2, 0.25) is 0 Å². The second-order valence-corrected chi connectivity index (χ2v) is 4.16. The fourth-order valence-electron chi connectivity index (χ4n) is 1.33. The first-order chi connectivity index (χ1) is 7.97. The van der Waals surface area contributed by atoms with Crippen LogP contribution in [0.5, 0.6) is 0 Å². The fourth-order valence-corrected chi connectivity index (χ4v) is 1.33. The summed E-state index contributed by atoms with van der Waals surface area (Å²) >= 11 is 0. The Morgan fingerprint density at radius 2 is 1.94 bits per heavy atom. The maximum Gasteiger partial charge on any atom is 0.315 e. The largest absolute Gasteiger partial charge is 0.481 e. The molecule has 2 amide bonds. The lowest BCUT2D eigenvalue weighted by atomic mass is 9.97. The van der Waals surface area contributed by atoms with Gasteiger partial charge in [-0.05, 0) is 19.3 Å². The molecule has 5 nitrogen and oxygen atoms in total. The Balaban J connectivity index is 3.98. The van der Waals surface area contributed by atoms with Gasteiger partial charge >= 0.3 is 12.0 Å². The molecule has 0 fully saturated rings. The number of hydrogen-bond acceptors (Lipinski definition) is 2. The van der Waals surface area contributed by atoms with Crippen molar-refractivity contribution in [2.24, 2.45) is 11.8 Å². The summed E-state index contributed by atoms with van der Waals surface area (Å²) in [6.45, 7) is 5.99. The summed E-state index contributed by atoms with van der Waals surface area (Å²) in [5.41, 5.74) is 0. The molecule has 0 spiro atoms. The fraction of sp³-hybridized carbons (Fsp3) is 0.667. The molecule has 0 aliphatic heterocycles. The number of hydrogen-bond donors (Lipinski definition) is 3. The molecule has 0 aromatic rings. The Morgan fingerprint density at radius 3 is 2.41 bits per heavy atom. The third-order valence-corrected chi connectivity index (χ3v) is 2.13. The van der Waals surface area contributed by atoms with E-state index in [0.717, 1.165) is 0 Å². The average Bonchev–Trinajstić information content (AvgIpc) is 2.23. The van der Waals surface area contributed by atoms with Crippen molar-refractivity contribution in [2.75, 3.05) is 13.1 Å². The van der Waals surface area contributed by atoms with Crippen molar-refractivity contribution in [3.63, 3.8) is 0 Å². The molecule has 96 valence electrons. The number of aliphatic carboxylic acids is 1. The third-order valence-electron chi connectivity index (χ3n) is 2.13. The Morgan fingerprint density at radius 1 is 1.29 bits per heavy atom. The molecule has 0 aromatic heterocycles. The van der Waals surface area contributed by atoms with E-state index in [0.29, 0.717) is 6.42 Å². The lowest BCUT2D eigenvalue weighted by Crippen LogP contribution is -2.40. The van der Waals surface area contributed by atoms with Crippen molar-refractivity contribution in [3.05, 3.63) is 0 Å². The minimum Gasteiger partial charge on any atom is -0.481 e. The van der Waals surface area contributed by atoms with Gasteiger partial charge in [0.1, 0.15) is 0 Å². The number of carbonyl (C=O) groups excluding carboxylic acids is 1. The van der Waals surface area contributed by atoms with Crippen LogP contribution in [0.25, 0.3) is 0 Å². The number of carbonyl (C=O) groups is 2. The van der Waals surface area contributed by atoms with E-state index < -0.39 is 11.9 Å². The van der Waals surface area contributed by atoms with Gasteiger partial charge in [-0.3, -0.25) is 4.79 Å². The summed E-state index contributed by atoms with van der Waals surface area (Å²) in [7, 11) is 0. The molecule has 0 bridgehead atoms. The van der Waals surface area contributed by atoms with Crippen LogP contribution in [-0.2, 0) is 4.79 Å². The molecule has 0 saturated heterocycles. The lowest BCUT2D eigenvalue weighted by molar-refractivity contribution is -0.142. The molecule has 0 rings (SSSR count). The van der Waals surface area contributed by atoms with E-state index in [9.17, 15) is 9.59 Å². The highest BCUT2D eigenvalue weighted by atomic mass is 16.4. The van der Waals surface area contributed by atoms with Crippen molar-refractivity contribution >= 4 is 12.0 Å². The molecule has 0 aromatic carbocycles. The normalized spacial score (nSPS) is 11.3. The van der Waals surface area contributed by atoms with Crippen LogP contribution in [-0.4, -0.2) is 30.2 Å². The minimum absolute atomic E-state index is 0.138. The zero-order valence-corrected chi connectivity index (χ0v) is 10.5. The van der Waals surface area contributed by atoms with Gasteiger partial charge in [-0.1, -0.05) is 19.8 Å². The van der Waals surface area contributed by atoms with Crippen molar-refractivity contribution in [1.29, 1.82) is 0 Å². The van der Waals surface area contributed by atoms with Crippen LogP contribution in [0.3, 0.4) is 0 Å². The molecular weight excluding hydrogens is 220 g/mol. The van der Waals surface area contributed by atoms with Crippen LogP contribution >= 0.6 is 0 Å². The minimum atomic E-state index is -0.882. The first-order valence-electron chi connectivity index (χ1n) is 5.61. The number of carboxylic acids is 1. The highest BCUT2D eigenvalue weighted by molar-refractivity contribution is 5.76. The highest BCUT2D eigenvalue weighted by Gasteiger charge is 2.19. The van der Waals surface area contributed by atoms with Gasteiger partial charge in [0.25, 0.3) is 0 Å². The summed E-state index contributed by atoms with van der Waals surface area (Å²) in [6.07, 6.45) is 0.546. The van der Waals surface area contributed by atoms with E-state index in [2.05, 4.69) is 22.5 Å². The molecule has 0 radical (unpaired) electrons. The van der Waals surface area contributed by atoms with E-state index in [-0.39, 0.29) is 25.0 Å². The molecule has 3 N–H and O–H groups in total. The second-order valence-electron chi connectivity index (χ2n) is 4.16. The smallest absolute Gasteiger partial charge is 0.315 e. The van der Waals surface area contributed by atoms with Gasteiger partial charge < -0.3 is 15.7 Å². The van der Waals surface area contributed by atoms with Crippen LogP contribution in [0, 0.1) is 23.7 Å². The summed E-state index contributed by atoms with van der Waals surface area (Å²) < 4.78 is 0. The second kappa shape index (κ2) is 8.45. The van der Waals surface area contributed by atoms with Gasteiger partial charge in [-0.25, -0.2) is 4.79 Å². The SMILES string of the molecule is CC#CCNC(=O)NCC(CC(C)C)C(=O)O. The monoisotopic (exact) mass is 240 g/mol. The summed E-state index contributed by atoms with van der Waals surface area (Å²) in [5.74, 6) is 4.19. The average molecular weight is 240 g/mol. The molecule has 0 heterocycles. The van der Waals surface area contributed by atoms with Crippen LogP contribution < -0.4 is 10.6 Å². The Hall–Kier alpha value is -1.70. The Bertz CT molecular complexity index is 315. The van der Waals surface area contributed by atoms with Gasteiger partial charge in [-0.15, -0.1) is 5.92 Å². The van der Waals surface area contributed by atoms with Crippen molar-refractivity contribution in [3.8, 4) is 11.8 Å². The van der Waals surface area contributed by atoms with Crippen LogP contribution in [0.1, 0.15) is 27.2 Å². The summed E-state index contributed by atoms with van der Waals surface area (Å²) in [6, 6.07) is -0.386. The molecule has 0 saturated carbocycles. The number of nitrogens with one attached hydrogen (secondary N) is 2. The Labute approximate surface area is 102 Å². The molecule has 5 heteroatoms. The lowest BCUT2D eigenvalue weighted by Gasteiger charge is -2.15. The van der Waals surface area contributed by atoms with Gasteiger partial charge in [0.05, 0.1) is 12.5 Å². The van der Waals surface area contributed by atoms with Crippen molar-refractivity contribution in [1.82, 2.24) is 10.6 Å². The van der Waals surface area contributed by atoms with Gasteiger partial charge in [-0.2, -0.15) is 0 Å². The van der Waals surface area contributed by atoms with E-state index in [4.69, 9.17) is 5.11 Å². The molecular formula is C12H20N2O3. The molecule has 1 atom stereocenters. The topological polar surface area (TPSA) is 78.4 Å². The highest BCUT2D eigenvalue weighted by Crippen LogP contribution is 2.10. The zero-order chi connectivity index (χ0) is 13.3. The maximum atomic E-state index is 11.2. The first kappa shape index (κ1) is 15.3. The standard InChI is InChI=1S/C12H20N2O3/c1-4-5-6-13-12(17)14-8-10(11(15)16)7-9(2)3/h9-10H,6-8H2,1-3H3,(H,15,16)(H2,13,14,17). The predicted molar refractivity (Wildman–Crippen MR) is 65.4 cm³/mol. The van der Waals surface area contributed by atoms with Crippen LogP contribution in [0.15, 0.2) is 0 Å². The number of urea groups is 1. The zero-order valence-electron chi connectivity index (χ0n) is 10.5. The molecule has 1 unspecified atom stereocenters. The van der Waals surface area contributed by atoms with Crippen LogP contribution in [0.4, 0.5) is 4.79 Å². The van der Waals surface area contributed by atoms with Gasteiger partial charge in [0.15, 0.2) is 0 Å². The molecule has 0 aliphatic rings. The van der Waals surface area contributed by atoms with Crippen molar-refractivity contribution in [2.45, 2.75) is 27.2 Å². The molecule has 17 heavy (non-hydrogen) atoms. The quantitative estimate of drug-likeness (QED) is 0.607. The van der Waals surface area contributed by atoms with E-state index in [1.807, 2.05) is 13.8 Å². The van der Waals surface area contributed by atoms with Gasteiger partial charge in [0, 0.05) is 6.54 Å². The maximum absolute atomic E-state index is 11.2. The molecule has 0 aliphatic carbocycles. The number of amides is 2. The van der Waals surface area contributed by atoms with E-state index >= 15 is 0 Å². The Kier molecular flexibility index (Phi) is 7.61. The third kappa shape index (κ3) is 8.14. The van der Waals surface area contributed by atoms with E-state index in [1.165, 1.54) is 0 Å². The van der Waals surface area contributed by atoms with E-state index in [1.54, 1.807) is 6.92 Å².